The van der Waals surface area contributed by atoms with Gasteiger partial charge in [0.25, 0.3) is 0 Å². The Morgan fingerprint density at radius 3 is 2.62 bits per heavy atom. The number of hydrogen-bond donors (Lipinski definition) is 3. The van der Waals surface area contributed by atoms with E-state index in [2.05, 4.69) is 25.9 Å². The van der Waals surface area contributed by atoms with Crippen molar-refractivity contribution in [2.75, 3.05) is 20.1 Å². The Kier molecular flexibility index (Phi) is 6.65. The maximum Gasteiger partial charge on any atom is 0.227 e. The van der Waals surface area contributed by atoms with E-state index in [0.29, 0.717) is 25.6 Å². The molecule has 1 aromatic heterocycles. The lowest BCUT2D eigenvalue weighted by atomic mass is 9.92. The van der Waals surface area contributed by atoms with Crippen molar-refractivity contribution in [3.05, 3.63) is 30.1 Å². The van der Waals surface area contributed by atoms with Crippen LogP contribution in [0.3, 0.4) is 0 Å². The van der Waals surface area contributed by atoms with Crippen LogP contribution in [0.15, 0.2) is 29.4 Å². The van der Waals surface area contributed by atoms with Crippen LogP contribution in [-0.2, 0) is 11.3 Å². The molecule has 6 nitrogen and oxygen atoms in total. The van der Waals surface area contributed by atoms with Crippen LogP contribution in [0.4, 0.5) is 0 Å². The van der Waals surface area contributed by atoms with Crippen LogP contribution < -0.4 is 16.0 Å². The maximum atomic E-state index is 11.9. The second-order valence-electron chi connectivity index (χ2n) is 5.34. The fraction of sp³-hybridized carbons (Fsp3) is 0.533. The molecule has 1 heterocycles. The second-order valence-corrected chi connectivity index (χ2v) is 5.34. The number of guanidine groups is 1. The maximum absolute atomic E-state index is 11.9. The van der Waals surface area contributed by atoms with Gasteiger partial charge in [-0.3, -0.25) is 14.8 Å². The first-order valence-corrected chi connectivity index (χ1v) is 7.12. The Bertz CT molecular complexity index is 470. The minimum absolute atomic E-state index is 0.0256. The van der Waals surface area contributed by atoms with Gasteiger partial charge in [-0.15, -0.1) is 0 Å². The van der Waals surface area contributed by atoms with E-state index in [9.17, 15) is 4.79 Å². The third-order valence-electron chi connectivity index (χ3n) is 3.04. The van der Waals surface area contributed by atoms with Crippen molar-refractivity contribution in [1.82, 2.24) is 20.9 Å². The molecule has 1 amide bonds. The highest BCUT2D eigenvalue weighted by molar-refractivity contribution is 5.84. The molecule has 0 spiro atoms. The smallest absolute Gasteiger partial charge is 0.227 e. The van der Waals surface area contributed by atoms with Gasteiger partial charge in [-0.05, 0) is 32.9 Å². The zero-order chi connectivity index (χ0) is 15.7. The molecule has 0 aliphatic rings. The molecule has 6 heteroatoms. The van der Waals surface area contributed by atoms with Gasteiger partial charge in [0.1, 0.15) is 0 Å². The van der Waals surface area contributed by atoms with Crippen LogP contribution in [0, 0.1) is 5.41 Å². The minimum atomic E-state index is -0.501. The van der Waals surface area contributed by atoms with E-state index in [1.165, 1.54) is 0 Å². The molecule has 0 fully saturated rings. The SMILES string of the molecule is CCNC(=O)C(C)(C)CNC(=NC)NCc1ccccn1. The summed E-state index contributed by atoms with van der Waals surface area (Å²) in [7, 11) is 1.70. The lowest BCUT2D eigenvalue weighted by Crippen LogP contribution is -2.47. The standard InChI is InChI=1S/C15H25N5O/c1-5-17-13(21)15(2,3)11-20-14(16-4)19-10-12-8-6-7-9-18-12/h6-9H,5,10-11H2,1-4H3,(H,17,21)(H2,16,19,20). The predicted molar refractivity (Wildman–Crippen MR) is 84.9 cm³/mol. The van der Waals surface area contributed by atoms with Crippen LogP contribution in [0.1, 0.15) is 26.5 Å². The van der Waals surface area contributed by atoms with Gasteiger partial charge in [0.2, 0.25) is 5.91 Å². The van der Waals surface area contributed by atoms with E-state index in [0.717, 1.165) is 5.69 Å². The van der Waals surface area contributed by atoms with Gasteiger partial charge in [-0.1, -0.05) is 6.07 Å². The first kappa shape index (κ1) is 16.9. The summed E-state index contributed by atoms with van der Waals surface area (Å²) in [6.07, 6.45) is 1.76. The number of aliphatic imine (C=N–C) groups is 1. The summed E-state index contributed by atoms with van der Waals surface area (Å²) in [5.74, 6) is 0.677. The molecule has 0 aliphatic heterocycles. The van der Waals surface area contributed by atoms with Gasteiger partial charge in [0.15, 0.2) is 5.96 Å². The minimum Gasteiger partial charge on any atom is -0.356 e. The Morgan fingerprint density at radius 2 is 2.05 bits per heavy atom. The number of carbonyl (C=O) groups excluding carboxylic acids is 1. The molecule has 0 radical (unpaired) electrons. The molecule has 0 saturated heterocycles. The zero-order valence-electron chi connectivity index (χ0n) is 13.2. The Morgan fingerprint density at radius 1 is 1.29 bits per heavy atom. The largest absolute Gasteiger partial charge is 0.356 e. The number of nitrogens with zero attached hydrogens (tertiary/aromatic N) is 2. The second kappa shape index (κ2) is 8.24. The predicted octanol–water partition coefficient (Wildman–Crippen LogP) is 0.909. The molecular weight excluding hydrogens is 266 g/mol. The topological polar surface area (TPSA) is 78.4 Å². The summed E-state index contributed by atoms with van der Waals surface area (Å²) >= 11 is 0. The fourth-order valence-corrected chi connectivity index (χ4v) is 1.68. The molecule has 0 unspecified atom stereocenters. The molecule has 0 aliphatic carbocycles. The summed E-state index contributed by atoms with van der Waals surface area (Å²) < 4.78 is 0. The average molecular weight is 291 g/mol. The highest BCUT2D eigenvalue weighted by Gasteiger charge is 2.27. The summed E-state index contributed by atoms with van der Waals surface area (Å²) in [6, 6.07) is 5.77. The number of hydrogen-bond acceptors (Lipinski definition) is 3. The monoisotopic (exact) mass is 291 g/mol. The van der Waals surface area contributed by atoms with E-state index in [1.807, 2.05) is 39.0 Å². The lowest BCUT2D eigenvalue weighted by molar-refractivity contribution is -0.128. The van der Waals surface area contributed by atoms with Crippen molar-refractivity contribution in [2.24, 2.45) is 10.4 Å². The van der Waals surface area contributed by atoms with Gasteiger partial charge in [-0.2, -0.15) is 0 Å². The third-order valence-corrected chi connectivity index (χ3v) is 3.04. The van der Waals surface area contributed by atoms with E-state index < -0.39 is 5.41 Å². The van der Waals surface area contributed by atoms with Crippen molar-refractivity contribution >= 4 is 11.9 Å². The van der Waals surface area contributed by atoms with Crippen molar-refractivity contribution in [2.45, 2.75) is 27.3 Å². The van der Waals surface area contributed by atoms with Crippen LogP contribution in [-0.4, -0.2) is 37.0 Å². The molecule has 0 saturated carbocycles. The van der Waals surface area contributed by atoms with Gasteiger partial charge in [-0.25, -0.2) is 0 Å². The quantitative estimate of drug-likeness (QED) is 0.538. The number of aromatic nitrogens is 1. The number of amides is 1. The highest BCUT2D eigenvalue weighted by Crippen LogP contribution is 2.13. The first-order valence-electron chi connectivity index (χ1n) is 7.12. The zero-order valence-corrected chi connectivity index (χ0v) is 13.2. The molecule has 0 aromatic carbocycles. The van der Waals surface area contributed by atoms with Gasteiger partial charge >= 0.3 is 0 Å². The van der Waals surface area contributed by atoms with Crippen LogP contribution >= 0.6 is 0 Å². The first-order chi connectivity index (χ1) is 9.99. The number of nitrogens with one attached hydrogen (secondary N) is 3. The molecule has 0 atom stereocenters. The summed E-state index contributed by atoms with van der Waals surface area (Å²) in [6.45, 7) is 7.43. The van der Waals surface area contributed by atoms with Crippen molar-refractivity contribution in [1.29, 1.82) is 0 Å². The Labute approximate surface area is 126 Å². The summed E-state index contributed by atoms with van der Waals surface area (Å²) in [5, 5.41) is 9.18. The molecular formula is C15H25N5O. The molecule has 21 heavy (non-hydrogen) atoms. The number of pyridine rings is 1. The van der Waals surface area contributed by atoms with Crippen molar-refractivity contribution < 1.29 is 4.79 Å². The normalized spacial score (nSPS) is 11.9. The molecule has 1 aromatic rings. The van der Waals surface area contributed by atoms with Crippen molar-refractivity contribution in [3.8, 4) is 0 Å². The van der Waals surface area contributed by atoms with Crippen LogP contribution in [0.5, 0.6) is 0 Å². The molecule has 116 valence electrons. The van der Waals surface area contributed by atoms with Gasteiger partial charge in [0.05, 0.1) is 17.7 Å². The van der Waals surface area contributed by atoms with Crippen LogP contribution in [0.2, 0.25) is 0 Å². The summed E-state index contributed by atoms with van der Waals surface area (Å²) in [4.78, 5) is 20.3. The molecule has 3 N–H and O–H groups in total. The van der Waals surface area contributed by atoms with E-state index >= 15 is 0 Å². The third kappa shape index (κ3) is 5.81. The van der Waals surface area contributed by atoms with E-state index in [4.69, 9.17) is 0 Å². The van der Waals surface area contributed by atoms with Gasteiger partial charge in [0, 0.05) is 26.3 Å². The van der Waals surface area contributed by atoms with E-state index in [1.54, 1.807) is 13.2 Å². The average Bonchev–Trinajstić information content (AvgIpc) is 2.48. The highest BCUT2D eigenvalue weighted by atomic mass is 16.2. The summed E-state index contributed by atoms with van der Waals surface area (Å²) in [5.41, 5.74) is 0.432. The molecule has 0 bridgehead atoms. The Balaban J connectivity index is 2.46. The Hall–Kier alpha value is -2.11. The lowest BCUT2D eigenvalue weighted by Gasteiger charge is -2.24. The van der Waals surface area contributed by atoms with Crippen molar-refractivity contribution in [3.63, 3.8) is 0 Å². The van der Waals surface area contributed by atoms with Gasteiger partial charge < -0.3 is 16.0 Å². The van der Waals surface area contributed by atoms with Crippen LogP contribution in [0.25, 0.3) is 0 Å². The fourth-order valence-electron chi connectivity index (χ4n) is 1.68. The number of rotatable bonds is 6. The number of carbonyl (C=O) groups is 1. The van der Waals surface area contributed by atoms with E-state index in [-0.39, 0.29) is 5.91 Å². The molecule has 1 rings (SSSR count).